The Hall–Kier alpha value is -5.23. The van der Waals surface area contributed by atoms with E-state index in [4.69, 9.17) is 11.0 Å². The van der Waals surface area contributed by atoms with Gasteiger partial charge in [0, 0.05) is 22.9 Å². The third-order valence-electron chi connectivity index (χ3n) is 5.51. The predicted octanol–water partition coefficient (Wildman–Crippen LogP) is 3.55. The number of ketones is 1. The quantitative estimate of drug-likeness (QED) is 0.236. The molecule has 4 aromatic rings. The van der Waals surface area contributed by atoms with E-state index in [1.165, 1.54) is 24.0 Å². The summed E-state index contributed by atoms with van der Waals surface area (Å²) in [6, 6.07) is 20.1. The normalized spacial score (nSPS) is 10.9. The zero-order chi connectivity index (χ0) is 25.8. The van der Waals surface area contributed by atoms with Crippen LogP contribution in [0.4, 0.5) is 5.69 Å². The fraction of sp³-hybridized carbons (Fsp3) is 0.0741. The Labute approximate surface area is 206 Å². The Bertz CT molecular complexity index is 1540. The van der Waals surface area contributed by atoms with Crippen LogP contribution in [-0.2, 0) is 9.59 Å². The van der Waals surface area contributed by atoms with E-state index >= 15 is 0 Å². The van der Waals surface area contributed by atoms with Crippen LogP contribution in [0.2, 0.25) is 0 Å². The maximum absolute atomic E-state index is 12.9. The molecule has 4 rings (SSSR count). The predicted molar refractivity (Wildman–Crippen MR) is 134 cm³/mol. The molecule has 0 spiro atoms. The second-order valence-corrected chi connectivity index (χ2v) is 8.01. The highest BCUT2D eigenvalue weighted by Crippen LogP contribution is 2.26. The van der Waals surface area contributed by atoms with Crippen LogP contribution in [0.1, 0.15) is 28.4 Å². The van der Waals surface area contributed by atoms with Gasteiger partial charge >= 0.3 is 0 Å². The number of nitrogens with zero attached hydrogens (tertiary/aromatic N) is 4. The number of carbonyl (C=O) groups excluding carboxylic acids is 3. The summed E-state index contributed by atoms with van der Waals surface area (Å²) in [7, 11) is 0. The van der Waals surface area contributed by atoms with Crippen molar-refractivity contribution in [1.29, 1.82) is 5.26 Å². The highest BCUT2D eigenvalue weighted by molar-refractivity contribution is 6.06. The number of aromatic nitrogens is 2. The van der Waals surface area contributed by atoms with Gasteiger partial charge < -0.3 is 10.9 Å². The first-order valence-electron chi connectivity index (χ1n) is 10.9. The number of carbonyl (C=O) groups is 3. The lowest BCUT2D eigenvalue weighted by atomic mass is 10.1. The molecule has 0 aliphatic carbocycles. The largest absolute Gasteiger partial charge is 0.426 e. The molecule has 2 amide bonds. The molecule has 1 heterocycles. The Morgan fingerprint density at radius 3 is 2.39 bits per heavy atom. The lowest BCUT2D eigenvalue weighted by Crippen LogP contribution is -2.37. The van der Waals surface area contributed by atoms with Crippen molar-refractivity contribution in [3.05, 3.63) is 89.5 Å². The van der Waals surface area contributed by atoms with Gasteiger partial charge in [0.2, 0.25) is 5.91 Å². The fourth-order valence-electron chi connectivity index (χ4n) is 3.65. The van der Waals surface area contributed by atoms with Gasteiger partial charge in [0.25, 0.3) is 5.91 Å². The van der Waals surface area contributed by atoms with Crippen LogP contribution in [-0.4, -0.2) is 39.1 Å². The molecule has 3 N–H and O–H groups in total. The number of Topliss-reactive ketones (excluding diaryl/α,β-unsaturated/α-hetero) is 1. The minimum absolute atomic E-state index is 0.0543. The van der Waals surface area contributed by atoms with Crippen LogP contribution in [0.25, 0.3) is 28.5 Å². The van der Waals surface area contributed by atoms with Crippen molar-refractivity contribution < 1.29 is 19.6 Å². The molecule has 0 unspecified atom stereocenters. The van der Waals surface area contributed by atoms with Crippen LogP contribution >= 0.6 is 0 Å². The minimum atomic E-state index is -0.683. The van der Waals surface area contributed by atoms with Gasteiger partial charge in [-0.3, -0.25) is 19.3 Å². The van der Waals surface area contributed by atoms with E-state index in [9.17, 15) is 19.6 Å². The second kappa shape index (κ2) is 9.95. The summed E-state index contributed by atoms with van der Waals surface area (Å²) >= 11 is 0. The van der Waals surface area contributed by atoms with E-state index < -0.39 is 11.8 Å². The maximum atomic E-state index is 12.9. The Morgan fingerprint density at radius 2 is 1.78 bits per heavy atom. The highest BCUT2D eigenvalue weighted by Gasteiger charge is 2.18. The smallest absolute Gasteiger partial charge is 0.251 e. The number of primary amides is 1. The second-order valence-electron chi connectivity index (χ2n) is 8.01. The molecule has 0 atom stereocenters. The monoisotopic (exact) mass is 479 g/mol. The van der Waals surface area contributed by atoms with E-state index in [0.717, 1.165) is 4.73 Å². The van der Waals surface area contributed by atoms with Crippen LogP contribution < -0.4 is 10.6 Å². The molecule has 36 heavy (non-hydrogen) atoms. The lowest BCUT2D eigenvalue weighted by molar-refractivity contribution is -0.120. The van der Waals surface area contributed by atoms with Gasteiger partial charge in [-0.25, -0.2) is 4.98 Å². The van der Waals surface area contributed by atoms with Crippen LogP contribution in [0.15, 0.2) is 72.8 Å². The summed E-state index contributed by atoms with van der Waals surface area (Å²) in [4.78, 5) is 41.6. The maximum Gasteiger partial charge on any atom is 0.251 e. The van der Waals surface area contributed by atoms with Crippen molar-refractivity contribution in [2.24, 2.45) is 5.73 Å². The molecule has 0 saturated carbocycles. The molecule has 0 fully saturated rings. The third-order valence-corrected chi connectivity index (χ3v) is 5.51. The summed E-state index contributed by atoms with van der Waals surface area (Å²) in [5.41, 5.74) is 8.93. The van der Waals surface area contributed by atoms with Crippen LogP contribution in [0.5, 0.6) is 0 Å². The molecule has 178 valence electrons. The molecule has 1 aromatic heterocycles. The fourth-order valence-corrected chi connectivity index (χ4v) is 3.65. The van der Waals surface area contributed by atoms with E-state index in [-0.39, 0.29) is 18.2 Å². The first-order valence-corrected chi connectivity index (χ1v) is 10.9. The molecular formula is C27H21N5O4. The molecule has 3 aromatic carbocycles. The molecule has 0 radical (unpaired) electrons. The Kier molecular flexibility index (Phi) is 6.61. The van der Waals surface area contributed by atoms with Gasteiger partial charge in [0.05, 0.1) is 17.1 Å². The van der Waals surface area contributed by atoms with Crippen LogP contribution in [0, 0.1) is 11.3 Å². The van der Waals surface area contributed by atoms with Gasteiger partial charge in [-0.05, 0) is 61.0 Å². The van der Waals surface area contributed by atoms with Gasteiger partial charge in [-0.2, -0.15) is 9.99 Å². The SMILES string of the molecule is CC(=O)c1ccc(C=CC(=O)N(CC(N)=O)c2ccc(-c3nc4ccc(C#N)cc4n3O)cc2)cc1. The van der Waals surface area contributed by atoms with Crippen molar-refractivity contribution in [1.82, 2.24) is 9.71 Å². The van der Waals surface area contributed by atoms with Crippen molar-refractivity contribution in [3.8, 4) is 17.5 Å². The standard InChI is InChI=1S/C27H21N5O4/c1-17(33)20-6-2-18(3-7-20)5-13-26(35)31(16-25(29)34)22-10-8-21(9-11-22)27-30-23-12-4-19(15-28)14-24(23)32(27)36/h2-14,36H,16H2,1H3,(H2,29,34). The minimum Gasteiger partial charge on any atom is -0.426 e. The molecule has 9 nitrogen and oxygen atoms in total. The number of nitriles is 1. The van der Waals surface area contributed by atoms with Gasteiger partial charge in [-0.15, -0.1) is 0 Å². The van der Waals surface area contributed by atoms with Crippen molar-refractivity contribution in [3.63, 3.8) is 0 Å². The summed E-state index contributed by atoms with van der Waals surface area (Å²) in [6.45, 7) is 1.14. The van der Waals surface area contributed by atoms with Crippen molar-refractivity contribution >= 4 is 40.4 Å². The van der Waals surface area contributed by atoms with E-state index in [1.807, 2.05) is 6.07 Å². The summed E-state index contributed by atoms with van der Waals surface area (Å²) in [5, 5.41) is 19.7. The zero-order valence-electron chi connectivity index (χ0n) is 19.3. The zero-order valence-corrected chi connectivity index (χ0v) is 19.3. The van der Waals surface area contributed by atoms with Gasteiger partial charge in [0.1, 0.15) is 12.1 Å². The third kappa shape index (κ3) is 4.98. The number of rotatable bonds is 7. The van der Waals surface area contributed by atoms with E-state index in [2.05, 4.69) is 4.98 Å². The average molecular weight is 479 g/mol. The molecule has 0 aliphatic heterocycles. The molecular weight excluding hydrogens is 458 g/mol. The summed E-state index contributed by atoms with van der Waals surface area (Å²) in [6.07, 6.45) is 2.90. The molecule has 9 heteroatoms. The first-order chi connectivity index (χ1) is 17.3. The number of imidazole rings is 1. The average Bonchev–Trinajstić information content (AvgIpc) is 3.21. The van der Waals surface area contributed by atoms with Gasteiger partial charge in [0.15, 0.2) is 11.6 Å². The van der Waals surface area contributed by atoms with Gasteiger partial charge in [-0.1, -0.05) is 24.3 Å². The Morgan fingerprint density at radius 1 is 1.08 bits per heavy atom. The number of fused-ring (bicyclic) bond motifs is 1. The number of benzene rings is 3. The number of anilines is 1. The number of hydrogen-bond acceptors (Lipinski definition) is 6. The lowest BCUT2D eigenvalue weighted by Gasteiger charge is -2.20. The first kappa shape index (κ1) is 23.9. The Balaban J connectivity index is 1.59. The summed E-state index contributed by atoms with van der Waals surface area (Å²) in [5.74, 6) is -0.942. The number of hydrogen-bond donors (Lipinski definition) is 2. The summed E-state index contributed by atoms with van der Waals surface area (Å²) < 4.78 is 0.900. The molecule has 0 aliphatic rings. The topological polar surface area (TPSA) is 142 Å². The number of nitrogens with two attached hydrogens (primary N) is 1. The molecule has 0 bridgehead atoms. The van der Waals surface area contributed by atoms with Crippen molar-refractivity contribution in [2.45, 2.75) is 6.92 Å². The number of amides is 2. The van der Waals surface area contributed by atoms with E-state index in [1.54, 1.807) is 66.7 Å². The van der Waals surface area contributed by atoms with Crippen molar-refractivity contribution in [2.75, 3.05) is 11.4 Å². The van der Waals surface area contributed by atoms with E-state index in [0.29, 0.717) is 39.0 Å². The van der Waals surface area contributed by atoms with Crippen LogP contribution in [0.3, 0.4) is 0 Å². The molecule has 0 saturated heterocycles. The highest BCUT2D eigenvalue weighted by atomic mass is 16.5.